The minimum atomic E-state index is -0.519. The summed E-state index contributed by atoms with van der Waals surface area (Å²) in [6.07, 6.45) is 0. The number of nitrogens with one attached hydrogen (secondary N) is 2. The van der Waals surface area contributed by atoms with Gasteiger partial charge in [0, 0.05) is 17.8 Å². The summed E-state index contributed by atoms with van der Waals surface area (Å²) in [5, 5.41) is 5.66. The van der Waals surface area contributed by atoms with E-state index in [1.54, 1.807) is 24.3 Å². The molecule has 0 saturated heterocycles. The van der Waals surface area contributed by atoms with Gasteiger partial charge in [0.15, 0.2) is 0 Å². The number of aryl methyl sites for hydroxylation is 1. The van der Waals surface area contributed by atoms with Gasteiger partial charge < -0.3 is 10.1 Å². The second-order valence-corrected chi connectivity index (χ2v) is 6.72. The molecule has 0 aliphatic carbocycles. The fraction of sp³-hybridized carbons (Fsp3) is 0.211. The Hall–Kier alpha value is -3.00. The van der Waals surface area contributed by atoms with Crippen LogP contribution >= 0.6 is 11.8 Å². The van der Waals surface area contributed by atoms with Crippen molar-refractivity contribution < 1.29 is 18.7 Å². The van der Waals surface area contributed by atoms with Crippen LogP contribution in [0.15, 0.2) is 62.9 Å². The number of aromatic amines is 1. The van der Waals surface area contributed by atoms with Gasteiger partial charge in [-0.2, -0.15) is 0 Å². The lowest BCUT2D eigenvalue weighted by Gasteiger charge is -2.06. The van der Waals surface area contributed by atoms with E-state index in [2.05, 4.69) is 10.6 Å². The Morgan fingerprint density at radius 1 is 1.19 bits per heavy atom. The van der Waals surface area contributed by atoms with E-state index < -0.39 is 5.63 Å². The Kier molecular flexibility index (Phi) is 5.97. The summed E-state index contributed by atoms with van der Waals surface area (Å²) in [5.41, 5.74) is 2.00. The van der Waals surface area contributed by atoms with Crippen LogP contribution in [-0.2, 0) is 4.79 Å². The van der Waals surface area contributed by atoms with Gasteiger partial charge in [-0.25, -0.2) is 4.79 Å². The van der Waals surface area contributed by atoms with Crippen molar-refractivity contribution in [2.45, 2.75) is 18.9 Å². The Morgan fingerprint density at radius 2 is 1.89 bits per heavy atom. The molecule has 1 amide bonds. The summed E-state index contributed by atoms with van der Waals surface area (Å²) in [6, 6.07) is 14.7. The molecule has 3 aromatic rings. The molecule has 140 valence electrons. The zero-order chi connectivity index (χ0) is 19.2. The normalized spacial score (nSPS) is 10.6. The van der Waals surface area contributed by atoms with Crippen LogP contribution in [0.25, 0.3) is 5.69 Å². The molecule has 1 aromatic heterocycles. The van der Waals surface area contributed by atoms with Crippen molar-refractivity contribution >= 4 is 23.4 Å². The maximum Gasteiger partial charge on any atom is 0.442 e. The summed E-state index contributed by atoms with van der Waals surface area (Å²) in [6.45, 7) is 4.48. The number of H-pyrrole nitrogens is 1. The van der Waals surface area contributed by atoms with E-state index in [0.29, 0.717) is 17.3 Å². The molecule has 3 rings (SSSR count). The zero-order valence-electron chi connectivity index (χ0n) is 15.0. The largest absolute Gasteiger partial charge is 0.494 e. The van der Waals surface area contributed by atoms with Gasteiger partial charge in [0.1, 0.15) is 5.75 Å². The molecule has 7 nitrogen and oxygen atoms in total. The molecule has 0 bridgehead atoms. The number of hydrogen-bond acceptors (Lipinski definition) is 5. The van der Waals surface area contributed by atoms with Crippen LogP contribution in [0, 0.1) is 6.92 Å². The molecule has 2 aromatic carbocycles. The van der Waals surface area contributed by atoms with Crippen molar-refractivity contribution in [3.63, 3.8) is 0 Å². The minimum Gasteiger partial charge on any atom is -0.494 e. The lowest BCUT2D eigenvalue weighted by atomic mass is 10.2. The summed E-state index contributed by atoms with van der Waals surface area (Å²) in [4.78, 5) is 24.2. The van der Waals surface area contributed by atoms with Crippen LogP contribution in [0.2, 0.25) is 0 Å². The smallest absolute Gasteiger partial charge is 0.442 e. The summed E-state index contributed by atoms with van der Waals surface area (Å²) < 4.78 is 11.8. The number of benzene rings is 2. The van der Waals surface area contributed by atoms with Crippen LogP contribution in [-0.4, -0.2) is 23.5 Å². The summed E-state index contributed by atoms with van der Waals surface area (Å²) >= 11 is 1.11. The van der Waals surface area contributed by atoms with E-state index in [1.807, 2.05) is 38.1 Å². The van der Waals surface area contributed by atoms with Crippen LogP contribution in [0.3, 0.4) is 0 Å². The topological polar surface area (TPSA) is 88.2 Å². The van der Waals surface area contributed by atoms with Crippen LogP contribution in [0.5, 0.6) is 5.75 Å². The lowest BCUT2D eigenvalue weighted by molar-refractivity contribution is -0.704. The first-order chi connectivity index (χ1) is 13.1. The maximum atomic E-state index is 12.2. The summed E-state index contributed by atoms with van der Waals surface area (Å²) in [5.74, 6) is 0.593. The standard InChI is InChI=1S/C19H19N3O4S/c1-3-25-16-10-6-14(7-11-16)20-17(23)12-27-18-19(24)26-21-22(18)15-8-4-13(2)5-9-15/h4-11H,3,12H2,1-2H3,(H-,20,21,23,24)/p+1. The van der Waals surface area contributed by atoms with E-state index in [1.165, 1.54) is 4.68 Å². The third-order valence-electron chi connectivity index (χ3n) is 3.69. The molecule has 8 heteroatoms. The molecule has 0 aliphatic rings. The number of rotatable bonds is 7. The maximum absolute atomic E-state index is 12.2. The first kappa shape index (κ1) is 18.8. The van der Waals surface area contributed by atoms with Crippen molar-refractivity contribution in [3.8, 4) is 11.4 Å². The Morgan fingerprint density at radius 3 is 2.56 bits per heavy atom. The van der Waals surface area contributed by atoms with Crippen molar-refractivity contribution in [1.82, 2.24) is 5.27 Å². The van der Waals surface area contributed by atoms with Gasteiger partial charge in [-0.3, -0.25) is 9.32 Å². The average molecular weight is 386 g/mol. The fourth-order valence-corrected chi connectivity index (χ4v) is 3.15. The van der Waals surface area contributed by atoms with Crippen molar-refractivity contribution in [1.29, 1.82) is 0 Å². The number of anilines is 1. The van der Waals surface area contributed by atoms with Crippen LogP contribution < -0.4 is 20.4 Å². The van der Waals surface area contributed by atoms with Gasteiger partial charge in [0.2, 0.25) is 11.6 Å². The Labute approximate surface area is 160 Å². The molecule has 0 unspecified atom stereocenters. The Balaban J connectivity index is 1.64. The third-order valence-corrected chi connectivity index (χ3v) is 4.72. The highest BCUT2D eigenvalue weighted by molar-refractivity contribution is 7.99. The molecule has 0 saturated carbocycles. The molecular weight excluding hydrogens is 366 g/mol. The highest BCUT2D eigenvalue weighted by Crippen LogP contribution is 2.17. The van der Waals surface area contributed by atoms with E-state index in [9.17, 15) is 9.59 Å². The lowest BCUT2D eigenvalue weighted by Crippen LogP contribution is -2.36. The summed E-state index contributed by atoms with van der Waals surface area (Å²) in [7, 11) is 0. The predicted octanol–water partition coefficient (Wildman–Crippen LogP) is 2.68. The number of carbonyl (C=O) groups is 1. The van der Waals surface area contributed by atoms with Crippen LogP contribution in [0.4, 0.5) is 5.69 Å². The minimum absolute atomic E-state index is 0.0711. The van der Waals surface area contributed by atoms with Gasteiger partial charge in [-0.1, -0.05) is 17.7 Å². The molecule has 2 N–H and O–H groups in total. The monoisotopic (exact) mass is 386 g/mol. The molecule has 0 spiro atoms. The number of ether oxygens (including phenoxy) is 1. The fourth-order valence-electron chi connectivity index (χ4n) is 2.38. The number of nitrogens with zero attached hydrogens (tertiary/aromatic N) is 1. The highest BCUT2D eigenvalue weighted by atomic mass is 32.2. The van der Waals surface area contributed by atoms with Gasteiger partial charge in [-0.05, 0) is 59.8 Å². The molecule has 0 radical (unpaired) electrons. The second-order valence-electron chi connectivity index (χ2n) is 5.75. The first-order valence-corrected chi connectivity index (χ1v) is 9.41. The Bertz CT molecular complexity index is 962. The van der Waals surface area contributed by atoms with E-state index in [0.717, 1.165) is 28.8 Å². The third kappa shape index (κ3) is 4.79. The number of carbonyl (C=O) groups excluding carboxylic acids is 1. The van der Waals surface area contributed by atoms with Gasteiger partial charge in [0.05, 0.1) is 12.4 Å². The quantitative estimate of drug-likeness (QED) is 0.481. The van der Waals surface area contributed by atoms with E-state index in [-0.39, 0.29) is 11.7 Å². The van der Waals surface area contributed by atoms with Gasteiger partial charge >= 0.3 is 10.7 Å². The van der Waals surface area contributed by atoms with Crippen molar-refractivity contribution in [3.05, 3.63) is 64.5 Å². The molecule has 0 fully saturated rings. The van der Waals surface area contributed by atoms with Gasteiger partial charge in [0.25, 0.3) is 0 Å². The molecule has 27 heavy (non-hydrogen) atoms. The number of thioether (sulfide) groups is 1. The predicted molar refractivity (Wildman–Crippen MR) is 103 cm³/mol. The number of amides is 1. The SMILES string of the molecule is CCOc1ccc(NC(=O)CSc2c(=O)o[nH][n+]2-c2ccc(C)cc2)cc1. The first-order valence-electron chi connectivity index (χ1n) is 8.43. The van der Waals surface area contributed by atoms with Crippen molar-refractivity contribution in [2.24, 2.45) is 0 Å². The zero-order valence-corrected chi connectivity index (χ0v) is 15.8. The molecule has 1 heterocycles. The molecule has 0 aliphatic heterocycles. The number of aromatic nitrogens is 2. The number of hydrogen-bond donors (Lipinski definition) is 2. The molecular formula is C19H20N3O4S+. The molecule has 0 atom stereocenters. The van der Waals surface area contributed by atoms with Crippen LogP contribution in [0.1, 0.15) is 12.5 Å². The van der Waals surface area contributed by atoms with E-state index in [4.69, 9.17) is 9.26 Å². The highest BCUT2D eigenvalue weighted by Gasteiger charge is 2.24. The van der Waals surface area contributed by atoms with Gasteiger partial charge in [-0.15, -0.1) is 0 Å². The van der Waals surface area contributed by atoms with Crippen molar-refractivity contribution in [2.75, 3.05) is 17.7 Å². The average Bonchev–Trinajstić information content (AvgIpc) is 3.03. The second kappa shape index (κ2) is 8.59. The van der Waals surface area contributed by atoms with E-state index >= 15 is 0 Å².